The second-order valence-corrected chi connectivity index (χ2v) is 5.37. The van der Waals surface area contributed by atoms with Gasteiger partial charge in [0.15, 0.2) is 0 Å². The normalized spacial score (nSPS) is 20.5. The van der Waals surface area contributed by atoms with E-state index in [9.17, 15) is 0 Å². The van der Waals surface area contributed by atoms with Crippen LogP contribution >= 0.6 is 0 Å². The summed E-state index contributed by atoms with van der Waals surface area (Å²) in [6, 6.07) is 8.80. The van der Waals surface area contributed by atoms with Gasteiger partial charge >= 0.3 is 0 Å². The molecule has 0 saturated carbocycles. The average Bonchev–Trinajstić information content (AvgIpc) is 2.38. The van der Waals surface area contributed by atoms with E-state index in [0.717, 1.165) is 19.0 Å². The van der Waals surface area contributed by atoms with Crippen molar-refractivity contribution < 1.29 is 0 Å². The first-order chi connectivity index (χ1) is 8.25. The molecule has 2 heteroatoms. The lowest BCUT2D eigenvalue weighted by Crippen LogP contribution is -2.33. The second kappa shape index (κ2) is 6.06. The number of hydrogen-bond acceptors (Lipinski definition) is 2. The van der Waals surface area contributed by atoms with Crippen LogP contribution in [0.2, 0.25) is 0 Å². The van der Waals surface area contributed by atoms with Gasteiger partial charge in [0.2, 0.25) is 0 Å². The van der Waals surface area contributed by atoms with Gasteiger partial charge in [0, 0.05) is 12.2 Å². The maximum atomic E-state index is 3.57. The van der Waals surface area contributed by atoms with Crippen LogP contribution in [0.15, 0.2) is 24.3 Å². The van der Waals surface area contributed by atoms with Crippen LogP contribution in [0.1, 0.15) is 38.2 Å². The number of benzene rings is 1. The third-order valence-corrected chi connectivity index (χ3v) is 3.55. The van der Waals surface area contributed by atoms with Crippen molar-refractivity contribution >= 4 is 5.69 Å². The summed E-state index contributed by atoms with van der Waals surface area (Å²) in [7, 11) is 0. The largest absolute Gasteiger partial charge is 0.385 e. The zero-order chi connectivity index (χ0) is 12.1. The molecule has 0 spiro atoms. The van der Waals surface area contributed by atoms with Gasteiger partial charge in [-0.15, -0.1) is 0 Å². The lowest BCUT2D eigenvalue weighted by molar-refractivity contribution is 0.393. The molecule has 0 radical (unpaired) electrons. The quantitative estimate of drug-likeness (QED) is 0.833. The van der Waals surface area contributed by atoms with Crippen molar-refractivity contribution in [1.82, 2.24) is 5.32 Å². The van der Waals surface area contributed by atoms with E-state index >= 15 is 0 Å². The van der Waals surface area contributed by atoms with Gasteiger partial charge in [0.1, 0.15) is 0 Å². The molecule has 1 atom stereocenters. The van der Waals surface area contributed by atoms with E-state index < -0.39 is 0 Å². The van der Waals surface area contributed by atoms with Crippen LogP contribution in [0.25, 0.3) is 0 Å². The van der Waals surface area contributed by atoms with Crippen LogP contribution in [0.5, 0.6) is 0 Å². The minimum absolute atomic E-state index is 0.605. The first-order valence-electron chi connectivity index (χ1n) is 6.80. The Bertz CT molecular complexity index is 341. The topological polar surface area (TPSA) is 24.1 Å². The molecule has 2 nitrogen and oxygen atoms in total. The van der Waals surface area contributed by atoms with Crippen molar-refractivity contribution in [2.24, 2.45) is 5.92 Å². The molecule has 1 aromatic carbocycles. The lowest BCUT2D eigenvalue weighted by Gasteiger charge is -2.23. The summed E-state index contributed by atoms with van der Waals surface area (Å²) in [5, 5.41) is 7.03. The molecular formula is C15H24N2. The van der Waals surface area contributed by atoms with Crippen molar-refractivity contribution in [2.75, 3.05) is 25.0 Å². The summed E-state index contributed by atoms with van der Waals surface area (Å²) in [6.07, 6.45) is 2.67. The van der Waals surface area contributed by atoms with Gasteiger partial charge in [0.25, 0.3) is 0 Å². The third-order valence-electron chi connectivity index (χ3n) is 3.55. The van der Waals surface area contributed by atoms with E-state index in [1.807, 2.05) is 0 Å². The van der Waals surface area contributed by atoms with Gasteiger partial charge in [-0.25, -0.2) is 0 Å². The summed E-state index contributed by atoms with van der Waals surface area (Å²) in [4.78, 5) is 0. The molecule has 1 fully saturated rings. The highest BCUT2D eigenvalue weighted by Gasteiger charge is 2.12. The Morgan fingerprint density at radius 1 is 1.41 bits per heavy atom. The van der Waals surface area contributed by atoms with Crippen LogP contribution in [-0.4, -0.2) is 19.6 Å². The molecule has 17 heavy (non-hydrogen) atoms. The van der Waals surface area contributed by atoms with Gasteiger partial charge in [-0.3, -0.25) is 0 Å². The molecule has 1 aliphatic heterocycles. The summed E-state index contributed by atoms with van der Waals surface area (Å²) in [5.41, 5.74) is 2.68. The maximum absolute atomic E-state index is 3.57. The zero-order valence-corrected chi connectivity index (χ0v) is 11.0. The van der Waals surface area contributed by atoms with Crippen molar-refractivity contribution in [3.8, 4) is 0 Å². The number of hydrogen-bond donors (Lipinski definition) is 2. The average molecular weight is 232 g/mol. The molecule has 2 rings (SSSR count). The number of rotatable bonds is 4. The van der Waals surface area contributed by atoms with Crippen LogP contribution in [0.3, 0.4) is 0 Å². The van der Waals surface area contributed by atoms with Crippen molar-refractivity contribution in [3.63, 3.8) is 0 Å². The SMILES string of the molecule is CC(C)c1cccc(NCC2CCCNC2)c1. The summed E-state index contributed by atoms with van der Waals surface area (Å²) in [6.45, 7) is 7.93. The van der Waals surface area contributed by atoms with Gasteiger partial charge in [-0.2, -0.15) is 0 Å². The predicted molar refractivity (Wildman–Crippen MR) is 74.6 cm³/mol. The second-order valence-electron chi connectivity index (χ2n) is 5.37. The smallest absolute Gasteiger partial charge is 0.0343 e. The molecule has 2 N–H and O–H groups in total. The van der Waals surface area contributed by atoms with Crippen molar-refractivity contribution in [2.45, 2.75) is 32.6 Å². The van der Waals surface area contributed by atoms with Crippen LogP contribution in [0.4, 0.5) is 5.69 Å². The molecule has 0 amide bonds. The molecule has 1 aromatic rings. The predicted octanol–water partition coefficient (Wildman–Crippen LogP) is 3.22. The fourth-order valence-electron chi connectivity index (χ4n) is 2.37. The fraction of sp³-hybridized carbons (Fsp3) is 0.600. The van der Waals surface area contributed by atoms with Crippen LogP contribution in [0, 0.1) is 5.92 Å². The Labute approximate surface area is 105 Å². The van der Waals surface area contributed by atoms with Crippen LogP contribution < -0.4 is 10.6 Å². The molecule has 1 unspecified atom stereocenters. The standard InChI is InChI=1S/C15H24N2/c1-12(2)14-6-3-7-15(9-14)17-11-13-5-4-8-16-10-13/h3,6-7,9,12-13,16-17H,4-5,8,10-11H2,1-2H3. The van der Waals surface area contributed by atoms with Gasteiger partial charge in [-0.05, 0) is 55.5 Å². The Morgan fingerprint density at radius 2 is 2.29 bits per heavy atom. The molecule has 0 aromatic heterocycles. The molecule has 1 aliphatic rings. The summed E-state index contributed by atoms with van der Waals surface area (Å²) in [5.74, 6) is 1.39. The van der Waals surface area contributed by atoms with Gasteiger partial charge in [0.05, 0.1) is 0 Å². The fourth-order valence-corrected chi connectivity index (χ4v) is 2.37. The first-order valence-corrected chi connectivity index (χ1v) is 6.80. The molecule has 1 heterocycles. The molecule has 1 saturated heterocycles. The van der Waals surface area contributed by atoms with E-state index in [1.165, 1.54) is 30.6 Å². The number of nitrogens with one attached hydrogen (secondary N) is 2. The Balaban J connectivity index is 1.87. The highest BCUT2D eigenvalue weighted by atomic mass is 14.9. The molecule has 0 aliphatic carbocycles. The van der Waals surface area contributed by atoms with E-state index in [-0.39, 0.29) is 0 Å². The van der Waals surface area contributed by atoms with Gasteiger partial charge < -0.3 is 10.6 Å². The Hall–Kier alpha value is -1.02. The summed E-state index contributed by atoms with van der Waals surface area (Å²) >= 11 is 0. The highest BCUT2D eigenvalue weighted by Crippen LogP contribution is 2.19. The van der Waals surface area contributed by atoms with Crippen LogP contribution in [-0.2, 0) is 0 Å². The highest BCUT2D eigenvalue weighted by molar-refractivity contribution is 5.46. The van der Waals surface area contributed by atoms with E-state index in [0.29, 0.717) is 5.92 Å². The third kappa shape index (κ3) is 3.74. The van der Waals surface area contributed by atoms with Gasteiger partial charge in [-0.1, -0.05) is 26.0 Å². The molecule has 94 valence electrons. The zero-order valence-electron chi connectivity index (χ0n) is 11.0. The first kappa shape index (κ1) is 12.4. The van der Waals surface area contributed by atoms with E-state index in [2.05, 4.69) is 48.7 Å². The summed E-state index contributed by atoms with van der Waals surface area (Å²) < 4.78 is 0. The Kier molecular flexibility index (Phi) is 4.43. The number of piperidine rings is 1. The monoisotopic (exact) mass is 232 g/mol. The Morgan fingerprint density at radius 3 is 3.00 bits per heavy atom. The maximum Gasteiger partial charge on any atom is 0.0343 e. The molecular weight excluding hydrogens is 208 g/mol. The minimum atomic E-state index is 0.605. The van der Waals surface area contributed by atoms with E-state index in [1.54, 1.807) is 0 Å². The molecule has 0 bridgehead atoms. The van der Waals surface area contributed by atoms with Crippen molar-refractivity contribution in [1.29, 1.82) is 0 Å². The lowest BCUT2D eigenvalue weighted by atomic mass is 9.99. The number of anilines is 1. The minimum Gasteiger partial charge on any atom is -0.385 e. The van der Waals surface area contributed by atoms with E-state index in [4.69, 9.17) is 0 Å². The van der Waals surface area contributed by atoms with Crippen molar-refractivity contribution in [3.05, 3.63) is 29.8 Å².